The highest BCUT2D eigenvalue weighted by atomic mass is 35.5. The number of hydrogen-bond donors (Lipinski definition) is 2. The summed E-state index contributed by atoms with van der Waals surface area (Å²) in [4.78, 5) is 0. The van der Waals surface area contributed by atoms with E-state index in [1.807, 2.05) is 0 Å². The summed E-state index contributed by atoms with van der Waals surface area (Å²) in [6.07, 6.45) is -4.24. The summed E-state index contributed by atoms with van der Waals surface area (Å²) >= 11 is 5.67. The lowest BCUT2D eigenvalue weighted by Crippen LogP contribution is -2.18. The zero-order valence-corrected chi connectivity index (χ0v) is 10.8. The van der Waals surface area contributed by atoms with Gasteiger partial charge in [-0.05, 0) is 30.7 Å². The highest BCUT2D eigenvalue weighted by Crippen LogP contribution is 2.32. The molecule has 1 atom stereocenters. The highest BCUT2D eigenvalue weighted by Gasteiger charge is 2.32. The van der Waals surface area contributed by atoms with E-state index in [2.05, 4.69) is 4.74 Å². The maximum absolute atomic E-state index is 12.0. The predicted octanol–water partition coefficient (Wildman–Crippen LogP) is 3.01. The Labute approximate surface area is 114 Å². The second kappa shape index (κ2) is 7.04. The van der Waals surface area contributed by atoms with Crippen LogP contribution in [0.5, 0.6) is 5.75 Å². The lowest BCUT2D eigenvalue weighted by molar-refractivity contribution is -0.274. The van der Waals surface area contributed by atoms with Crippen molar-refractivity contribution in [2.75, 3.05) is 6.54 Å². The van der Waals surface area contributed by atoms with E-state index in [0.717, 1.165) is 6.07 Å². The van der Waals surface area contributed by atoms with Gasteiger partial charge in [0, 0.05) is 6.04 Å². The second-order valence-corrected chi connectivity index (χ2v) is 3.83. The molecule has 104 valence electrons. The highest BCUT2D eigenvalue weighted by molar-refractivity contribution is 6.32. The van der Waals surface area contributed by atoms with Crippen LogP contribution in [0.15, 0.2) is 18.2 Å². The number of ether oxygens (including phenoxy) is 1. The molecule has 0 saturated heterocycles. The smallest absolute Gasteiger partial charge is 0.404 e. The van der Waals surface area contributed by atoms with Crippen LogP contribution in [-0.2, 0) is 0 Å². The minimum atomic E-state index is -4.76. The van der Waals surface area contributed by atoms with Crippen LogP contribution in [0.3, 0.4) is 0 Å². The zero-order chi connectivity index (χ0) is 13.1. The minimum absolute atomic E-state index is 0. The summed E-state index contributed by atoms with van der Waals surface area (Å²) in [5.41, 5.74) is 11.7. The minimum Gasteiger partial charge on any atom is -0.404 e. The van der Waals surface area contributed by atoms with Crippen molar-refractivity contribution in [1.29, 1.82) is 0 Å². The SMILES string of the molecule is Cl.NCC[C@H](N)c1ccc(OC(F)(F)F)c(Cl)c1. The Kier molecular flexibility index (Phi) is 6.77. The van der Waals surface area contributed by atoms with Crippen molar-refractivity contribution < 1.29 is 17.9 Å². The van der Waals surface area contributed by atoms with Gasteiger partial charge in [-0.3, -0.25) is 0 Å². The molecule has 0 spiro atoms. The van der Waals surface area contributed by atoms with Crippen molar-refractivity contribution in [3.8, 4) is 5.75 Å². The van der Waals surface area contributed by atoms with E-state index in [1.54, 1.807) is 0 Å². The van der Waals surface area contributed by atoms with Gasteiger partial charge >= 0.3 is 6.36 Å². The molecule has 0 fully saturated rings. The Bertz CT molecular complexity index is 388. The van der Waals surface area contributed by atoms with Gasteiger partial charge in [-0.2, -0.15) is 0 Å². The molecule has 0 heterocycles. The van der Waals surface area contributed by atoms with E-state index < -0.39 is 12.1 Å². The number of alkyl halides is 3. The van der Waals surface area contributed by atoms with Crippen molar-refractivity contribution in [3.05, 3.63) is 28.8 Å². The van der Waals surface area contributed by atoms with Crippen molar-refractivity contribution in [2.45, 2.75) is 18.8 Å². The third-order valence-electron chi connectivity index (χ3n) is 2.09. The molecule has 0 aliphatic rings. The molecule has 1 aromatic rings. The molecule has 1 rings (SSSR count). The Balaban J connectivity index is 0.00000289. The summed E-state index contributed by atoms with van der Waals surface area (Å²) in [6, 6.07) is 3.58. The molecular formula is C10H13Cl2F3N2O. The van der Waals surface area contributed by atoms with E-state index in [1.165, 1.54) is 12.1 Å². The second-order valence-electron chi connectivity index (χ2n) is 3.42. The Morgan fingerprint density at radius 3 is 2.39 bits per heavy atom. The Morgan fingerprint density at radius 2 is 1.94 bits per heavy atom. The fraction of sp³-hybridized carbons (Fsp3) is 0.400. The van der Waals surface area contributed by atoms with Crippen molar-refractivity contribution in [1.82, 2.24) is 0 Å². The quantitative estimate of drug-likeness (QED) is 0.899. The topological polar surface area (TPSA) is 61.3 Å². The van der Waals surface area contributed by atoms with E-state index in [9.17, 15) is 13.2 Å². The van der Waals surface area contributed by atoms with Gasteiger partial charge in [0.2, 0.25) is 0 Å². The summed E-state index contributed by atoms with van der Waals surface area (Å²) in [7, 11) is 0. The number of rotatable bonds is 4. The molecule has 0 aliphatic heterocycles. The normalized spacial score (nSPS) is 12.8. The summed E-state index contributed by atoms with van der Waals surface area (Å²) < 4.78 is 39.7. The molecule has 4 N–H and O–H groups in total. The van der Waals surface area contributed by atoms with Gasteiger partial charge in [-0.1, -0.05) is 17.7 Å². The van der Waals surface area contributed by atoms with Crippen LogP contribution in [0.25, 0.3) is 0 Å². The van der Waals surface area contributed by atoms with E-state index in [-0.39, 0.29) is 23.5 Å². The molecule has 18 heavy (non-hydrogen) atoms. The first kappa shape index (κ1) is 17.3. The standard InChI is InChI=1S/C10H12ClF3N2O.ClH/c11-7-5-6(8(16)3-4-15)1-2-9(7)17-10(12,13)14;/h1-2,5,8H,3-4,15-16H2;1H/t8-;/m0./s1. The number of halogens is 5. The number of benzene rings is 1. The van der Waals surface area contributed by atoms with Crippen molar-refractivity contribution >= 4 is 24.0 Å². The summed E-state index contributed by atoms with van der Waals surface area (Å²) in [6.45, 7) is 0.388. The zero-order valence-electron chi connectivity index (χ0n) is 9.21. The van der Waals surface area contributed by atoms with Crippen LogP contribution in [0.4, 0.5) is 13.2 Å². The molecular weight excluding hydrogens is 292 g/mol. The third kappa shape index (κ3) is 5.30. The first-order valence-corrected chi connectivity index (χ1v) is 5.22. The maximum Gasteiger partial charge on any atom is 0.573 e. The van der Waals surface area contributed by atoms with Crippen molar-refractivity contribution in [2.24, 2.45) is 11.5 Å². The molecule has 0 aliphatic carbocycles. The van der Waals surface area contributed by atoms with Gasteiger partial charge in [0.1, 0.15) is 5.75 Å². The molecule has 0 amide bonds. The van der Waals surface area contributed by atoms with E-state index in [4.69, 9.17) is 23.1 Å². The van der Waals surface area contributed by atoms with Crippen LogP contribution in [0.1, 0.15) is 18.0 Å². The molecule has 0 saturated carbocycles. The first-order chi connectivity index (χ1) is 7.83. The fourth-order valence-electron chi connectivity index (χ4n) is 1.30. The number of nitrogens with two attached hydrogens (primary N) is 2. The molecule has 0 radical (unpaired) electrons. The molecule has 1 aromatic carbocycles. The molecule has 0 aromatic heterocycles. The maximum atomic E-state index is 12.0. The molecule has 0 unspecified atom stereocenters. The van der Waals surface area contributed by atoms with Crippen molar-refractivity contribution in [3.63, 3.8) is 0 Å². The van der Waals surface area contributed by atoms with Crippen LogP contribution in [0.2, 0.25) is 5.02 Å². The fourth-order valence-corrected chi connectivity index (χ4v) is 1.53. The van der Waals surface area contributed by atoms with Gasteiger partial charge < -0.3 is 16.2 Å². The Hall–Kier alpha value is -0.690. The van der Waals surface area contributed by atoms with E-state index >= 15 is 0 Å². The largest absolute Gasteiger partial charge is 0.573 e. The van der Waals surface area contributed by atoms with Crippen LogP contribution in [0, 0.1) is 0 Å². The summed E-state index contributed by atoms with van der Waals surface area (Å²) in [5.74, 6) is -0.442. The lowest BCUT2D eigenvalue weighted by atomic mass is 10.0. The van der Waals surface area contributed by atoms with Gasteiger partial charge in [-0.15, -0.1) is 25.6 Å². The monoisotopic (exact) mass is 304 g/mol. The Morgan fingerprint density at radius 1 is 1.33 bits per heavy atom. The average Bonchev–Trinajstić information content (AvgIpc) is 2.19. The van der Waals surface area contributed by atoms with Gasteiger partial charge in [0.05, 0.1) is 5.02 Å². The summed E-state index contributed by atoms with van der Waals surface area (Å²) in [5, 5.41) is -0.132. The predicted molar refractivity (Wildman–Crippen MR) is 66.0 cm³/mol. The van der Waals surface area contributed by atoms with Crippen LogP contribution >= 0.6 is 24.0 Å². The van der Waals surface area contributed by atoms with Gasteiger partial charge in [0.15, 0.2) is 0 Å². The lowest BCUT2D eigenvalue weighted by Gasteiger charge is -2.14. The van der Waals surface area contributed by atoms with Gasteiger partial charge in [-0.25, -0.2) is 0 Å². The average molecular weight is 305 g/mol. The van der Waals surface area contributed by atoms with Gasteiger partial charge in [0.25, 0.3) is 0 Å². The third-order valence-corrected chi connectivity index (χ3v) is 2.38. The van der Waals surface area contributed by atoms with Crippen LogP contribution in [-0.4, -0.2) is 12.9 Å². The van der Waals surface area contributed by atoms with Crippen LogP contribution < -0.4 is 16.2 Å². The first-order valence-electron chi connectivity index (χ1n) is 4.84. The molecule has 0 bridgehead atoms. The number of hydrogen-bond acceptors (Lipinski definition) is 3. The molecule has 8 heteroatoms. The van der Waals surface area contributed by atoms with E-state index in [0.29, 0.717) is 18.5 Å². The molecule has 3 nitrogen and oxygen atoms in total.